The van der Waals surface area contributed by atoms with E-state index in [9.17, 15) is 0 Å². The van der Waals surface area contributed by atoms with Gasteiger partial charge in [0.1, 0.15) is 0 Å². The van der Waals surface area contributed by atoms with Crippen LogP contribution < -0.4 is 13.8 Å². The van der Waals surface area contributed by atoms with Gasteiger partial charge in [0.15, 0.2) is 40.9 Å². The highest BCUT2D eigenvalue weighted by atomic mass is 31.1. The molecule has 1 aliphatic rings. The molecule has 2 unspecified atom stereocenters. The molecular formula is C47H76N2O3P2. The molecule has 0 spiro atoms. The van der Waals surface area contributed by atoms with Gasteiger partial charge in [-0.25, -0.2) is 0 Å². The second kappa shape index (κ2) is 19.4. The Labute approximate surface area is 335 Å². The van der Waals surface area contributed by atoms with Crippen molar-refractivity contribution in [3.05, 3.63) is 92.1 Å². The molecule has 3 heterocycles. The van der Waals surface area contributed by atoms with E-state index in [0.717, 1.165) is 34.1 Å². The molecule has 302 valence electrons. The van der Waals surface area contributed by atoms with Gasteiger partial charge < -0.3 is 18.1 Å². The Morgan fingerprint density at radius 1 is 0.611 bits per heavy atom. The second-order valence-electron chi connectivity index (χ2n) is 17.2. The van der Waals surface area contributed by atoms with Gasteiger partial charge in [0.05, 0.1) is 0 Å². The van der Waals surface area contributed by atoms with Crippen molar-refractivity contribution >= 4 is 17.9 Å². The van der Waals surface area contributed by atoms with E-state index < -0.39 is 0 Å². The van der Waals surface area contributed by atoms with Crippen LogP contribution in [0.1, 0.15) is 178 Å². The summed E-state index contributed by atoms with van der Waals surface area (Å²) in [4.78, 5) is 0. The van der Waals surface area contributed by atoms with E-state index in [1.807, 2.05) is 13.8 Å². The fourth-order valence-corrected chi connectivity index (χ4v) is 7.87. The molecular weight excluding hydrogens is 702 g/mol. The van der Waals surface area contributed by atoms with Crippen molar-refractivity contribution in [1.29, 1.82) is 0 Å². The minimum Gasteiger partial charge on any atom is -0.451 e. The number of unbranched alkanes of at least 4 members (excludes halogenated alkanes) is 1. The van der Waals surface area contributed by atoms with Crippen LogP contribution in [0.2, 0.25) is 0 Å². The molecule has 0 radical (unpaired) electrons. The molecule has 0 fully saturated rings. The zero-order valence-corrected chi connectivity index (χ0v) is 40.1. The molecule has 0 saturated carbocycles. The molecule has 1 aliphatic heterocycles. The largest absolute Gasteiger partial charge is 0.451 e. The van der Waals surface area contributed by atoms with Crippen molar-refractivity contribution in [1.82, 2.24) is 8.68 Å². The highest BCUT2D eigenvalue weighted by Gasteiger charge is 2.40. The normalized spacial score (nSPS) is 13.3. The van der Waals surface area contributed by atoms with Crippen LogP contribution in [0.3, 0.4) is 0 Å². The summed E-state index contributed by atoms with van der Waals surface area (Å²) < 4.78 is 24.9. The quantitative estimate of drug-likeness (QED) is 0.175. The standard InChI is InChI=1S/C38H52N2O3P2.C4H10.C3H8.C2H6/c1-21-20-39(25(5)22(21)2)44-42-32-18-28(36(8,9)10)16-30-34(32)41-35-31(38(30,14)15)17-29(37(11,12)13)19-33(35)43-45-40-26(6)23(3)24(4)27(40)7;1-3-4-2;1-3-2;1-2/h16-20,44-45H,1-15H3;3-4H2,1-2H3;3H2,1-2H3;1-2H3. The third kappa shape index (κ3) is 10.6. The summed E-state index contributed by atoms with van der Waals surface area (Å²) in [5, 5.41) is 0. The van der Waals surface area contributed by atoms with Gasteiger partial charge in [0.25, 0.3) is 0 Å². The van der Waals surface area contributed by atoms with Gasteiger partial charge in [-0.2, -0.15) is 0 Å². The topological polar surface area (TPSA) is 37.6 Å². The van der Waals surface area contributed by atoms with Gasteiger partial charge in [-0.15, -0.1) is 0 Å². The van der Waals surface area contributed by atoms with Gasteiger partial charge >= 0.3 is 0 Å². The monoisotopic (exact) mass is 779 g/mol. The maximum absolute atomic E-state index is 6.98. The number of fused-ring (bicyclic) bond motifs is 2. The molecule has 2 aromatic carbocycles. The van der Waals surface area contributed by atoms with E-state index in [0.29, 0.717) is 0 Å². The Hall–Kier alpha value is -2.74. The van der Waals surface area contributed by atoms with Crippen molar-refractivity contribution in [2.24, 2.45) is 0 Å². The fourth-order valence-electron chi connectivity index (χ4n) is 6.02. The van der Waals surface area contributed by atoms with Crippen molar-refractivity contribution in [2.45, 2.75) is 181 Å². The molecule has 5 rings (SSSR count). The fraction of sp³-hybridized carbons (Fsp3) is 0.574. The lowest BCUT2D eigenvalue weighted by molar-refractivity contribution is 0.384. The van der Waals surface area contributed by atoms with Crippen LogP contribution >= 0.6 is 17.9 Å². The lowest BCUT2D eigenvalue weighted by Crippen LogP contribution is -2.27. The third-order valence-electron chi connectivity index (χ3n) is 10.5. The summed E-state index contributed by atoms with van der Waals surface area (Å²) in [7, 11) is 0.209. The van der Waals surface area contributed by atoms with Crippen LogP contribution in [0.4, 0.5) is 0 Å². The van der Waals surface area contributed by atoms with Crippen LogP contribution in [0, 0.1) is 48.5 Å². The molecule has 54 heavy (non-hydrogen) atoms. The van der Waals surface area contributed by atoms with Crippen LogP contribution in [-0.2, 0) is 16.2 Å². The maximum atomic E-state index is 6.98. The summed E-state index contributed by atoms with van der Waals surface area (Å²) in [6.45, 7) is 46.0. The number of hydrogen-bond acceptors (Lipinski definition) is 3. The molecule has 0 bridgehead atoms. The van der Waals surface area contributed by atoms with Gasteiger partial charge in [0, 0.05) is 39.8 Å². The molecule has 7 heteroatoms. The van der Waals surface area contributed by atoms with Crippen LogP contribution in [0.15, 0.2) is 30.5 Å². The predicted molar refractivity (Wildman–Crippen MR) is 241 cm³/mol. The zero-order valence-electron chi connectivity index (χ0n) is 38.1. The first-order chi connectivity index (χ1) is 25.1. The smallest absolute Gasteiger partial charge is 0.181 e. The average Bonchev–Trinajstić information content (AvgIpc) is 3.46. The lowest BCUT2D eigenvalue weighted by atomic mass is 9.72. The molecule has 0 aliphatic carbocycles. The molecule has 4 aromatic rings. The van der Waals surface area contributed by atoms with E-state index >= 15 is 0 Å². The second-order valence-corrected chi connectivity index (χ2v) is 18.9. The van der Waals surface area contributed by atoms with Crippen molar-refractivity contribution in [3.63, 3.8) is 0 Å². The first-order valence-corrected chi connectivity index (χ1v) is 22.0. The zero-order chi connectivity index (χ0) is 41.5. The molecule has 0 N–H and O–H groups in total. The average molecular weight is 779 g/mol. The van der Waals surface area contributed by atoms with Crippen molar-refractivity contribution < 1.29 is 13.8 Å². The summed E-state index contributed by atoms with van der Waals surface area (Å²) in [5.41, 5.74) is 13.2. The van der Waals surface area contributed by atoms with E-state index in [4.69, 9.17) is 13.8 Å². The predicted octanol–water partition coefficient (Wildman–Crippen LogP) is 15.6. The molecule has 5 nitrogen and oxygen atoms in total. The Bertz CT molecular complexity index is 1820. The van der Waals surface area contributed by atoms with E-state index in [2.05, 4.69) is 171 Å². The number of aryl methyl sites for hydroxylation is 1. The third-order valence-corrected chi connectivity index (χ3v) is 12.7. The van der Waals surface area contributed by atoms with Gasteiger partial charge in [0.2, 0.25) is 0 Å². The Morgan fingerprint density at radius 3 is 1.33 bits per heavy atom. The Balaban J connectivity index is 0.00000102. The SMILES string of the molecule is CC.CCC.CCCC.Cc1cn(POc2cc(C(C)(C)C)cc3c2Oc2c(OPn4c(C)c(C)c(C)c4C)cc(C(C)(C)C)cc2C3(C)C)c(C)c1C. The highest BCUT2D eigenvalue weighted by Crippen LogP contribution is 2.57. The number of nitrogens with zero attached hydrogens (tertiary/aromatic N) is 2. The van der Waals surface area contributed by atoms with E-state index in [-0.39, 0.29) is 34.2 Å². The number of hydrogen-bond donors (Lipinski definition) is 0. The lowest BCUT2D eigenvalue weighted by Gasteiger charge is -2.38. The van der Waals surface area contributed by atoms with Crippen LogP contribution in [-0.4, -0.2) is 8.68 Å². The molecule has 2 aromatic heterocycles. The highest BCUT2D eigenvalue weighted by molar-refractivity contribution is 7.31. The first kappa shape index (κ1) is 47.4. The number of aromatic nitrogens is 2. The summed E-state index contributed by atoms with van der Waals surface area (Å²) >= 11 is 0. The Morgan fingerprint density at radius 2 is 1.00 bits per heavy atom. The van der Waals surface area contributed by atoms with Crippen LogP contribution in [0.5, 0.6) is 23.0 Å². The van der Waals surface area contributed by atoms with Crippen LogP contribution in [0.25, 0.3) is 0 Å². The van der Waals surface area contributed by atoms with Crippen molar-refractivity contribution in [2.75, 3.05) is 0 Å². The minimum absolute atomic E-state index is 0.0610. The van der Waals surface area contributed by atoms with Gasteiger partial charge in [-0.05, 0) is 105 Å². The van der Waals surface area contributed by atoms with Gasteiger partial charge in [-0.3, -0.25) is 4.34 Å². The Kier molecular flexibility index (Phi) is 17.0. The maximum Gasteiger partial charge on any atom is 0.181 e. The van der Waals surface area contributed by atoms with E-state index in [1.54, 1.807) is 0 Å². The summed E-state index contributed by atoms with van der Waals surface area (Å²) in [6, 6.07) is 9.01. The summed E-state index contributed by atoms with van der Waals surface area (Å²) in [6.07, 6.45) is 6.07. The van der Waals surface area contributed by atoms with Gasteiger partial charge in [-0.1, -0.05) is 128 Å². The first-order valence-electron chi connectivity index (χ1n) is 20.3. The van der Waals surface area contributed by atoms with Crippen molar-refractivity contribution in [3.8, 4) is 23.0 Å². The molecule has 2 atom stereocenters. The molecule has 0 amide bonds. The number of rotatable bonds is 7. The number of benzene rings is 2. The molecule has 0 saturated heterocycles. The minimum atomic E-state index is -0.350. The number of ether oxygens (including phenoxy) is 1. The summed E-state index contributed by atoms with van der Waals surface area (Å²) in [5.74, 6) is 3.11. The van der Waals surface area contributed by atoms with E-state index in [1.165, 1.54) is 69.7 Å².